The van der Waals surface area contributed by atoms with Crippen LogP contribution in [-0.2, 0) is 11.3 Å². The van der Waals surface area contributed by atoms with Crippen LogP contribution in [0.2, 0.25) is 6.32 Å². The van der Waals surface area contributed by atoms with Crippen LogP contribution in [0.1, 0.15) is 21.5 Å². The fraction of sp³-hybridized carbons (Fsp3) is 0.273. The van der Waals surface area contributed by atoms with Gasteiger partial charge in [0.1, 0.15) is 7.11 Å². The van der Waals surface area contributed by atoms with Gasteiger partial charge in [-0.25, -0.2) is 0 Å². The Bertz CT molecular complexity index is 552. The van der Waals surface area contributed by atoms with Crippen LogP contribution in [0, 0.1) is 0 Å². The third-order valence-electron chi connectivity index (χ3n) is 2.87. The Morgan fingerprint density at radius 2 is 2.14 bits per heavy atom. The van der Waals surface area contributed by atoms with Crippen molar-refractivity contribution in [3.63, 3.8) is 0 Å². The average molecular weight is 311 g/mol. The maximum absolute atomic E-state index is 11.2. The molecular formula is C11H12BNNa2O6. The summed E-state index contributed by atoms with van der Waals surface area (Å²) >= 11 is 0. The normalized spacial score (nSPS) is 15.2. The monoisotopic (exact) mass is 311 g/mol. The van der Waals surface area contributed by atoms with Crippen molar-refractivity contribution in [1.82, 2.24) is 0 Å². The summed E-state index contributed by atoms with van der Waals surface area (Å²) in [6.45, 7) is -3.04. The van der Waals surface area contributed by atoms with Gasteiger partial charge in [0, 0.05) is 11.1 Å². The Balaban J connectivity index is 0.00000200. The molecule has 0 aromatic heterocycles. The molecule has 2 rings (SSSR count). The summed E-state index contributed by atoms with van der Waals surface area (Å²) in [7, 11) is 1.32. The number of aryl methyl sites for hydroxylation is 1. The van der Waals surface area contributed by atoms with Gasteiger partial charge >= 0.3 is 65.9 Å². The fourth-order valence-electron chi connectivity index (χ4n) is 1.99. The molecule has 2 N–H and O–H groups in total. The number of nitrogens with zero attached hydrogens (tertiary/aromatic N) is 1. The number of carbonyl (C=O) groups excluding carboxylic acids is 1. The van der Waals surface area contributed by atoms with E-state index in [0.29, 0.717) is 12.0 Å². The van der Waals surface area contributed by atoms with Gasteiger partial charge in [0.2, 0.25) is 0 Å². The number of carboxylic acid groups (broad SMARTS) is 1. The van der Waals surface area contributed by atoms with Crippen LogP contribution in [0.3, 0.4) is 0 Å². The van der Waals surface area contributed by atoms with Crippen LogP contribution in [0.4, 0.5) is 0 Å². The van der Waals surface area contributed by atoms with Crippen molar-refractivity contribution >= 4 is 18.9 Å². The van der Waals surface area contributed by atoms with Gasteiger partial charge in [-0.15, -0.1) is 0 Å². The topological polar surface area (TPSA) is 111 Å². The molecule has 10 heteroatoms. The van der Waals surface area contributed by atoms with Crippen molar-refractivity contribution < 1.29 is 88.6 Å². The summed E-state index contributed by atoms with van der Waals surface area (Å²) < 4.78 is 4.98. The molecule has 102 valence electrons. The van der Waals surface area contributed by atoms with Crippen molar-refractivity contribution in [2.45, 2.75) is 12.7 Å². The number of benzene rings is 1. The fourth-order valence-corrected chi connectivity index (χ4v) is 1.99. The van der Waals surface area contributed by atoms with Crippen molar-refractivity contribution in [2.24, 2.45) is 5.16 Å². The zero-order chi connectivity index (χ0) is 14.0. The molecule has 0 fully saturated rings. The molecular weight excluding hydrogens is 299 g/mol. The minimum Gasteiger partial charge on any atom is -0.669 e. The third kappa shape index (κ3) is 4.97. The maximum atomic E-state index is 11.2. The smallest absolute Gasteiger partial charge is 0.669 e. The Morgan fingerprint density at radius 3 is 2.71 bits per heavy atom. The Labute approximate surface area is 165 Å². The van der Waals surface area contributed by atoms with E-state index >= 15 is 0 Å². The van der Waals surface area contributed by atoms with Crippen LogP contribution >= 0.6 is 0 Å². The van der Waals surface area contributed by atoms with Crippen molar-refractivity contribution in [2.75, 3.05) is 7.11 Å². The number of carboxylic acids is 1. The molecule has 0 saturated heterocycles. The molecule has 0 amide bonds. The van der Waals surface area contributed by atoms with E-state index in [1.807, 2.05) is 0 Å². The van der Waals surface area contributed by atoms with Crippen molar-refractivity contribution in [3.05, 3.63) is 28.8 Å². The Hall–Kier alpha value is -0.0551. The number of aromatic carboxylic acids is 1. The minimum absolute atomic E-state index is 0. The number of hydrogen-bond acceptors (Lipinski definition) is 7. The van der Waals surface area contributed by atoms with E-state index in [-0.39, 0.29) is 82.3 Å². The van der Waals surface area contributed by atoms with Gasteiger partial charge in [0.25, 0.3) is 0 Å². The maximum Gasteiger partial charge on any atom is 1.00 e. The summed E-state index contributed by atoms with van der Waals surface area (Å²) in [5, 5.41) is 33.7. The van der Waals surface area contributed by atoms with E-state index in [1.165, 1.54) is 19.4 Å². The van der Waals surface area contributed by atoms with Crippen molar-refractivity contribution in [3.8, 4) is 5.75 Å². The SMILES string of the molecule is CON=Cc1ccc2c(c1C(=O)[O-])O[B-](O)(O)CC2.[Na+].[Na+]. The summed E-state index contributed by atoms with van der Waals surface area (Å²) in [5.41, 5.74) is 0.510. The largest absolute Gasteiger partial charge is 1.00 e. The summed E-state index contributed by atoms with van der Waals surface area (Å²) in [5.74, 6) is -1.57. The van der Waals surface area contributed by atoms with Gasteiger partial charge < -0.3 is 29.4 Å². The number of rotatable bonds is 3. The predicted octanol–water partition coefficient (Wildman–Crippen LogP) is -7.10. The molecule has 21 heavy (non-hydrogen) atoms. The van der Waals surface area contributed by atoms with Gasteiger partial charge in [-0.3, -0.25) is 0 Å². The van der Waals surface area contributed by atoms with E-state index in [1.54, 1.807) is 6.07 Å². The molecule has 1 heterocycles. The quantitative estimate of drug-likeness (QED) is 0.326. The zero-order valence-corrected chi connectivity index (χ0v) is 16.2. The van der Waals surface area contributed by atoms with Gasteiger partial charge in [-0.2, -0.15) is 0 Å². The van der Waals surface area contributed by atoms with Gasteiger partial charge in [-0.05, 0) is 12.0 Å². The van der Waals surface area contributed by atoms with Crippen LogP contribution in [0.15, 0.2) is 17.3 Å². The molecule has 1 aliphatic rings. The number of fused-ring (bicyclic) bond motifs is 1. The molecule has 1 aliphatic heterocycles. The second kappa shape index (κ2) is 8.54. The average Bonchev–Trinajstić information content (AvgIpc) is 2.33. The van der Waals surface area contributed by atoms with E-state index in [0.717, 1.165) is 0 Å². The van der Waals surface area contributed by atoms with E-state index in [2.05, 4.69) is 9.99 Å². The van der Waals surface area contributed by atoms with Crippen LogP contribution < -0.4 is 68.9 Å². The third-order valence-corrected chi connectivity index (χ3v) is 2.87. The van der Waals surface area contributed by atoms with E-state index in [9.17, 15) is 19.9 Å². The van der Waals surface area contributed by atoms with Gasteiger partial charge in [-0.1, -0.05) is 23.6 Å². The molecule has 0 spiro atoms. The summed E-state index contributed by atoms with van der Waals surface area (Å²) in [6.07, 6.45) is 1.52. The van der Waals surface area contributed by atoms with Crippen LogP contribution in [0.5, 0.6) is 5.75 Å². The zero-order valence-electron chi connectivity index (χ0n) is 12.2. The first-order chi connectivity index (χ1) is 8.94. The number of oxime groups is 1. The molecule has 7 nitrogen and oxygen atoms in total. The standard InChI is InChI=1S/C11H13BNO6.2Na/c1-18-13-6-8-3-2-7-4-5-12(16,17)19-10(7)9(8)11(14)15;;/h2-3,6,16-17H,4-5H2,1H3,(H,14,15);;/q-1;2*+1/p-1. The first-order valence-electron chi connectivity index (χ1n) is 5.67. The summed E-state index contributed by atoms with van der Waals surface area (Å²) in [6, 6.07) is 3.18. The molecule has 1 aromatic carbocycles. The van der Waals surface area contributed by atoms with E-state index < -0.39 is 12.7 Å². The second-order valence-electron chi connectivity index (χ2n) is 4.24. The Morgan fingerprint density at radius 1 is 1.48 bits per heavy atom. The predicted molar refractivity (Wildman–Crippen MR) is 64.7 cm³/mol. The molecule has 0 unspecified atom stereocenters. The summed E-state index contributed by atoms with van der Waals surface area (Å²) in [4.78, 5) is 15.7. The van der Waals surface area contributed by atoms with Gasteiger partial charge in [0.05, 0.1) is 17.9 Å². The van der Waals surface area contributed by atoms with E-state index in [4.69, 9.17) is 4.65 Å². The van der Waals surface area contributed by atoms with Crippen molar-refractivity contribution in [1.29, 1.82) is 0 Å². The Kier molecular flexibility index (Phi) is 8.52. The van der Waals surface area contributed by atoms with Gasteiger partial charge in [0.15, 0.2) is 0 Å². The molecule has 0 bridgehead atoms. The molecule has 0 saturated carbocycles. The molecule has 1 aromatic rings. The molecule has 0 aliphatic carbocycles. The number of carbonyl (C=O) groups is 1. The minimum atomic E-state index is -3.04. The van der Waals surface area contributed by atoms with Crippen LogP contribution in [-0.4, -0.2) is 36.1 Å². The van der Waals surface area contributed by atoms with Crippen LogP contribution in [0.25, 0.3) is 0 Å². The molecule has 0 atom stereocenters. The number of hydrogen-bond donors (Lipinski definition) is 2. The second-order valence-corrected chi connectivity index (χ2v) is 4.24. The molecule has 0 radical (unpaired) electrons. The first-order valence-corrected chi connectivity index (χ1v) is 5.67. The first kappa shape index (κ1) is 20.9.